The van der Waals surface area contributed by atoms with Crippen LogP contribution in [-0.2, 0) is 11.3 Å². The molecule has 0 bridgehead atoms. The lowest BCUT2D eigenvalue weighted by Crippen LogP contribution is -2.08. The number of aromatic nitrogens is 3. The highest BCUT2D eigenvalue weighted by Gasteiger charge is 2.16. The number of anilines is 1. The molecule has 6 nitrogen and oxygen atoms in total. The molecule has 2 aromatic rings. The number of ether oxygens (including phenoxy) is 1. The van der Waals surface area contributed by atoms with Gasteiger partial charge in [0.2, 0.25) is 0 Å². The molecule has 0 amide bonds. The molecule has 2 rings (SSSR count). The highest BCUT2D eigenvalue weighted by atomic mass is 35.5. The summed E-state index contributed by atoms with van der Waals surface area (Å²) < 4.78 is 6.61. The van der Waals surface area contributed by atoms with Gasteiger partial charge in [0, 0.05) is 18.8 Å². The van der Waals surface area contributed by atoms with Crippen LogP contribution < -0.4 is 5.32 Å². The van der Waals surface area contributed by atoms with Gasteiger partial charge in [0.15, 0.2) is 15.2 Å². The maximum Gasteiger partial charge on any atom is 0.351 e. The largest absolute Gasteiger partial charge is 0.465 e. The fourth-order valence-electron chi connectivity index (χ4n) is 1.92. The molecular weight excluding hydrogens is 312 g/mol. The van der Waals surface area contributed by atoms with Crippen molar-refractivity contribution >= 4 is 34.0 Å². The van der Waals surface area contributed by atoms with Crippen LogP contribution in [0, 0.1) is 13.8 Å². The number of thiazole rings is 1. The van der Waals surface area contributed by atoms with Gasteiger partial charge in [0.1, 0.15) is 0 Å². The van der Waals surface area contributed by atoms with Crippen LogP contribution in [0.2, 0.25) is 5.15 Å². The van der Waals surface area contributed by atoms with Gasteiger partial charge in [-0.25, -0.2) is 9.78 Å². The van der Waals surface area contributed by atoms with E-state index in [1.165, 1.54) is 18.4 Å². The third-order valence-electron chi connectivity index (χ3n) is 2.88. The minimum atomic E-state index is -0.465. The minimum Gasteiger partial charge on any atom is -0.465 e. The van der Waals surface area contributed by atoms with Crippen LogP contribution in [0.15, 0.2) is 6.07 Å². The molecule has 0 atom stereocenters. The van der Waals surface area contributed by atoms with E-state index < -0.39 is 5.97 Å². The molecule has 1 N–H and O–H groups in total. The molecule has 0 spiro atoms. The van der Waals surface area contributed by atoms with Crippen molar-refractivity contribution in [2.75, 3.05) is 19.0 Å². The van der Waals surface area contributed by atoms with Gasteiger partial charge < -0.3 is 10.1 Å². The second-order valence-electron chi connectivity index (χ2n) is 4.56. The van der Waals surface area contributed by atoms with Crippen molar-refractivity contribution in [3.8, 4) is 0 Å². The molecule has 0 fully saturated rings. The fraction of sp³-hybridized carbons (Fsp3) is 0.462. The quantitative estimate of drug-likeness (QED) is 0.652. The number of nitrogens with zero attached hydrogens (tertiary/aromatic N) is 3. The van der Waals surface area contributed by atoms with Gasteiger partial charge in [0.25, 0.3) is 0 Å². The molecule has 0 radical (unpaired) electrons. The number of halogens is 1. The van der Waals surface area contributed by atoms with E-state index in [4.69, 9.17) is 11.6 Å². The molecule has 21 heavy (non-hydrogen) atoms. The van der Waals surface area contributed by atoms with Crippen LogP contribution >= 0.6 is 22.9 Å². The van der Waals surface area contributed by atoms with Gasteiger partial charge in [-0.15, -0.1) is 0 Å². The first-order chi connectivity index (χ1) is 10.0. The predicted octanol–water partition coefficient (Wildman–Crippen LogP) is 2.90. The number of rotatable bonds is 6. The fourth-order valence-corrected chi connectivity index (χ4v) is 3.05. The third kappa shape index (κ3) is 3.95. The average Bonchev–Trinajstić information content (AvgIpc) is 2.96. The summed E-state index contributed by atoms with van der Waals surface area (Å²) in [6.45, 7) is 5.57. The maximum atomic E-state index is 11.4. The zero-order valence-electron chi connectivity index (χ0n) is 12.1. The number of methoxy groups -OCH3 is 1. The number of carbonyl (C=O) groups is 1. The Morgan fingerprint density at radius 3 is 2.90 bits per heavy atom. The lowest BCUT2D eigenvalue weighted by molar-refractivity contribution is 0.0606. The second-order valence-corrected chi connectivity index (χ2v) is 5.92. The molecular formula is C13H17ClN4O2S. The van der Waals surface area contributed by atoms with Gasteiger partial charge in [-0.2, -0.15) is 5.10 Å². The summed E-state index contributed by atoms with van der Waals surface area (Å²) in [5.41, 5.74) is 2.17. The van der Waals surface area contributed by atoms with Crippen LogP contribution in [0.4, 0.5) is 5.13 Å². The van der Waals surface area contributed by atoms with E-state index >= 15 is 0 Å². The predicted molar refractivity (Wildman–Crippen MR) is 83.3 cm³/mol. The Morgan fingerprint density at radius 2 is 2.29 bits per heavy atom. The Kier molecular flexibility index (Phi) is 5.19. The Morgan fingerprint density at radius 1 is 1.52 bits per heavy atom. The SMILES string of the molecule is COC(=O)c1sc(NCCCn2nc(C)cc2C)nc1Cl. The summed E-state index contributed by atoms with van der Waals surface area (Å²) >= 11 is 7.09. The first kappa shape index (κ1) is 15.8. The van der Waals surface area contributed by atoms with Gasteiger partial charge in [-0.1, -0.05) is 22.9 Å². The normalized spacial score (nSPS) is 10.7. The zero-order chi connectivity index (χ0) is 15.4. The molecule has 8 heteroatoms. The summed E-state index contributed by atoms with van der Waals surface area (Å²) in [6.07, 6.45) is 0.896. The van der Waals surface area contributed by atoms with Crippen molar-refractivity contribution in [2.24, 2.45) is 0 Å². The molecule has 0 aromatic carbocycles. The number of nitrogens with one attached hydrogen (secondary N) is 1. The van der Waals surface area contributed by atoms with Crippen LogP contribution in [0.1, 0.15) is 27.5 Å². The van der Waals surface area contributed by atoms with E-state index in [-0.39, 0.29) is 5.15 Å². The summed E-state index contributed by atoms with van der Waals surface area (Å²) in [7, 11) is 1.32. The van der Waals surface area contributed by atoms with Gasteiger partial charge >= 0.3 is 5.97 Å². The van der Waals surface area contributed by atoms with E-state index in [1.807, 2.05) is 18.5 Å². The molecule has 114 valence electrons. The monoisotopic (exact) mass is 328 g/mol. The number of carbonyl (C=O) groups excluding carboxylic acids is 1. The Bertz CT molecular complexity index is 638. The minimum absolute atomic E-state index is 0.174. The van der Waals surface area contributed by atoms with E-state index in [0.717, 1.165) is 30.9 Å². The number of hydrogen-bond acceptors (Lipinski definition) is 6. The highest BCUT2D eigenvalue weighted by Crippen LogP contribution is 2.27. The summed E-state index contributed by atoms with van der Waals surface area (Å²) in [6, 6.07) is 2.05. The smallest absolute Gasteiger partial charge is 0.351 e. The second kappa shape index (κ2) is 6.91. The number of hydrogen-bond donors (Lipinski definition) is 1. The Labute approximate surface area is 132 Å². The molecule has 0 saturated heterocycles. The topological polar surface area (TPSA) is 69.0 Å². The zero-order valence-corrected chi connectivity index (χ0v) is 13.7. The number of esters is 1. The maximum absolute atomic E-state index is 11.4. The lowest BCUT2D eigenvalue weighted by Gasteiger charge is -2.05. The molecule has 0 aliphatic heterocycles. The summed E-state index contributed by atoms with van der Waals surface area (Å²) in [5, 5.41) is 8.35. The van der Waals surface area contributed by atoms with Gasteiger partial charge in [-0.05, 0) is 26.3 Å². The van der Waals surface area contributed by atoms with Crippen molar-refractivity contribution in [3.63, 3.8) is 0 Å². The lowest BCUT2D eigenvalue weighted by atomic mass is 10.4. The molecule has 0 aliphatic rings. The Balaban J connectivity index is 1.84. The molecule has 0 aliphatic carbocycles. The Hall–Kier alpha value is -1.60. The van der Waals surface area contributed by atoms with E-state index in [2.05, 4.69) is 26.2 Å². The van der Waals surface area contributed by atoms with Gasteiger partial charge in [0.05, 0.1) is 12.8 Å². The van der Waals surface area contributed by atoms with Crippen LogP contribution in [0.5, 0.6) is 0 Å². The average molecular weight is 329 g/mol. The van der Waals surface area contributed by atoms with Gasteiger partial charge in [-0.3, -0.25) is 4.68 Å². The van der Waals surface area contributed by atoms with E-state index in [9.17, 15) is 4.79 Å². The summed E-state index contributed by atoms with van der Waals surface area (Å²) in [5.74, 6) is -0.465. The van der Waals surface area contributed by atoms with Crippen molar-refractivity contribution in [1.82, 2.24) is 14.8 Å². The van der Waals surface area contributed by atoms with Crippen LogP contribution in [-0.4, -0.2) is 34.4 Å². The molecule has 0 saturated carbocycles. The third-order valence-corrected chi connectivity index (χ3v) is 4.26. The van der Waals surface area contributed by atoms with Crippen molar-refractivity contribution in [1.29, 1.82) is 0 Å². The van der Waals surface area contributed by atoms with E-state index in [1.54, 1.807) is 0 Å². The molecule has 0 unspecified atom stereocenters. The standard InChI is InChI=1S/C13H17ClN4O2S/c1-8-7-9(2)18(17-8)6-4-5-15-13-16-11(14)10(21-13)12(19)20-3/h7H,4-6H2,1-3H3,(H,15,16). The first-order valence-electron chi connectivity index (χ1n) is 6.51. The molecule has 2 heterocycles. The first-order valence-corrected chi connectivity index (χ1v) is 7.70. The van der Waals surface area contributed by atoms with Crippen LogP contribution in [0.25, 0.3) is 0 Å². The van der Waals surface area contributed by atoms with Crippen molar-refractivity contribution in [3.05, 3.63) is 27.5 Å². The van der Waals surface area contributed by atoms with Crippen molar-refractivity contribution < 1.29 is 9.53 Å². The van der Waals surface area contributed by atoms with E-state index in [0.29, 0.717) is 10.0 Å². The number of aryl methyl sites for hydroxylation is 3. The highest BCUT2D eigenvalue weighted by molar-refractivity contribution is 7.18. The summed E-state index contributed by atoms with van der Waals surface area (Å²) in [4.78, 5) is 15.8. The van der Waals surface area contributed by atoms with Crippen LogP contribution in [0.3, 0.4) is 0 Å². The molecule has 2 aromatic heterocycles. The van der Waals surface area contributed by atoms with Crippen molar-refractivity contribution in [2.45, 2.75) is 26.8 Å².